The molecular weight excluding hydrogens is 350 g/mol. The molecule has 0 spiro atoms. The number of carbonyl (C=O) groups excluding carboxylic acids is 1. The Kier molecular flexibility index (Phi) is 4.01. The molecule has 3 atom stereocenters. The summed E-state index contributed by atoms with van der Waals surface area (Å²) in [5, 5.41) is 3.22. The van der Waals surface area contributed by atoms with Crippen LogP contribution in [0.25, 0.3) is 15.9 Å². The number of aromatic amines is 1. The number of hydrogen-bond donors (Lipinski definition) is 2. The van der Waals surface area contributed by atoms with Gasteiger partial charge in [0.15, 0.2) is 5.69 Å². The van der Waals surface area contributed by atoms with Crippen molar-refractivity contribution >= 4 is 28.3 Å². The SMILES string of the molecule is [C-]#[N+]c1cccc(N2CC[C@@H](NC(=O)[C@H]3C[C@@H]3c3nc4ccccc4[nH]3)C2)c1. The van der Waals surface area contributed by atoms with Crippen molar-refractivity contribution in [3.8, 4) is 0 Å². The summed E-state index contributed by atoms with van der Waals surface area (Å²) in [5.41, 5.74) is 3.68. The molecule has 28 heavy (non-hydrogen) atoms. The molecule has 1 saturated heterocycles. The van der Waals surface area contributed by atoms with E-state index in [9.17, 15) is 4.79 Å². The summed E-state index contributed by atoms with van der Waals surface area (Å²) in [6, 6.07) is 15.8. The Morgan fingerprint density at radius 1 is 1.25 bits per heavy atom. The van der Waals surface area contributed by atoms with E-state index in [1.807, 2.05) is 48.5 Å². The summed E-state index contributed by atoms with van der Waals surface area (Å²) in [6.45, 7) is 8.84. The van der Waals surface area contributed by atoms with Crippen LogP contribution in [0, 0.1) is 12.5 Å². The zero-order valence-corrected chi connectivity index (χ0v) is 15.4. The number of para-hydroxylation sites is 2. The molecule has 5 rings (SSSR count). The van der Waals surface area contributed by atoms with E-state index < -0.39 is 0 Å². The molecule has 0 radical (unpaired) electrons. The van der Waals surface area contributed by atoms with Gasteiger partial charge in [0.05, 0.1) is 17.6 Å². The lowest BCUT2D eigenvalue weighted by atomic mass is 10.2. The summed E-state index contributed by atoms with van der Waals surface area (Å²) in [5.74, 6) is 1.26. The molecule has 1 amide bonds. The first kappa shape index (κ1) is 16.8. The Hall–Kier alpha value is -3.33. The van der Waals surface area contributed by atoms with Gasteiger partial charge in [0.25, 0.3) is 0 Å². The molecular formula is C22H21N5O. The molecule has 1 aliphatic carbocycles. The third kappa shape index (κ3) is 3.09. The van der Waals surface area contributed by atoms with Crippen molar-refractivity contribution < 1.29 is 4.79 Å². The third-order valence-electron chi connectivity index (χ3n) is 5.74. The topological polar surface area (TPSA) is 65.4 Å². The summed E-state index contributed by atoms with van der Waals surface area (Å²) < 4.78 is 0. The molecule has 2 fully saturated rings. The van der Waals surface area contributed by atoms with Crippen molar-refractivity contribution in [2.45, 2.75) is 24.8 Å². The zero-order chi connectivity index (χ0) is 19.1. The van der Waals surface area contributed by atoms with Gasteiger partial charge < -0.3 is 15.2 Å². The van der Waals surface area contributed by atoms with Crippen molar-refractivity contribution in [1.82, 2.24) is 15.3 Å². The molecule has 0 bridgehead atoms. The third-order valence-corrected chi connectivity index (χ3v) is 5.74. The first-order chi connectivity index (χ1) is 13.7. The fraction of sp³-hybridized carbons (Fsp3) is 0.318. The minimum atomic E-state index is 0.0139. The van der Waals surface area contributed by atoms with Gasteiger partial charge in [-0.1, -0.05) is 24.3 Å². The minimum absolute atomic E-state index is 0.0139. The summed E-state index contributed by atoms with van der Waals surface area (Å²) in [6.07, 6.45) is 1.78. The maximum absolute atomic E-state index is 12.7. The van der Waals surface area contributed by atoms with E-state index in [0.29, 0.717) is 5.69 Å². The Morgan fingerprint density at radius 2 is 2.14 bits per heavy atom. The second-order valence-corrected chi connectivity index (χ2v) is 7.66. The van der Waals surface area contributed by atoms with Gasteiger partial charge in [0.1, 0.15) is 5.82 Å². The lowest BCUT2D eigenvalue weighted by Gasteiger charge is -2.19. The average molecular weight is 371 g/mol. The first-order valence-corrected chi connectivity index (χ1v) is 9.69. The van der Waals surface area contributed by atoms with Gasteiger partial charge in [-0.3, -0.25) is 4.79 Å². The molecule has 6 heteroatoms. The number of H-pyrrole nitrogens is 1. The van der Waals surface area contributed by atoms with Crippen LogP contribution in [-0.2, 0) is 4.79 Å². The quantitative estimate of drug-likeness (QED) is 0.689. The van der Waals surface area contributed by atoms with Crippen LogP contribution < -0.4 is 10.2 Å². The van der Waals surface area contributed by atoms with Crippen LogP contribution in [-0.4, -0.2) is 35.0 Å². The molecule has 3 aromatic rings. The molecule has 6 nitrogen and oxygen atoms in total. The van der Waals surface area contributed by atoms with Crippen LogP contribution in [0.1, 0.15) is 24.6 Å². The second kappa shape index (κ2) is 6.68. The van der Waals surface area contributed by atoms with Crippen molar-refractivity contribution in [2.75, 3.05) is 18.0 Å². The number of rotatable bonds is 4. The van der Waals surface area contributed by atoms with Gasteiger partial charge in [-0.2, -0.15) is 0 Å². The highest BCUT2D eigenvalue weighted by Crippen LogP contribution is 2.46. The normalized spacial score (nSPS) is 23.5. The molecule has 1 aromatic heterocycles. The van der Waals surface area contributed by atoms with Gasteiger partial charge in [0, 0.05) is 36.7 Å². The molecule has 1 aliphatic heterocycles. The Morgan fingerprint density at radius 3 is 3.00 bits per heavy atom. The van der Waals surface area contributed by atoms with E-state index in [-0.39, 0.29) is 23.8 Å². The van der Waals surface area contributed by atoms with E-state index in [2.05, 4.69) is 25.0 Å². The number of amides is 1. The van der Waals surface area contributed by atoms with Crippen LogP contribution >= 0.6 is 0 Å². The monoisotopic (exact) mass is 371 g/mol. The average Bonchev–Trinajstić information content (AvgIpc) is 3.19. The van der Waals surface area contributed by atoms with E-state index >= 15 is 0 Å². The van der Waals surface area contributed by atoms with E-state index in [0.717, 1.165) is 48.5 Å². The van der Waals surface area contributed by atoms with Gasteiger partial charge in [-0.25, -0.2) is 9.83 Å². The fourth-order valence-corrected chi connectivity index (χ4v) is 4.12. The van der Waals surface area contributed by atoms with Crippen LogP contribution in [0.5, 0.6) is 0 Å². The van der Waals surface area contributed by atoms with Crippen LogP contribution in [0.2, 0.25) is 0 Å². The maximum atomic E-state index is 12.7. The molecule has 1 saturated carbocycles. The van der Waals surface area contributed by atoms with Gasteiger partial charge in [-0.15, -0.1) is 0 Å². The van der Waals surface area contributed by atoms with Crippen LogP contribution in [0.15, 0.2) is 48.5 Å². The lowest BCUT2D eigenvalue weighted by molar-refractivity contribution is -0.123. The molecule has 2 aromatic carbocycles. The van der Waals surface area contributed by atoms with Crippen molar-refractivity contribution in [3.05, 3.63) is 65.8 Å². The minimum Gasteiger partial charge on any atom is -0.370 e. The summed E-state index contributed by atoms with van der Waals surface area (Å²) >= 11 is 0. The number of nitrogens with one attached hydrogen (secondary N) is 2. The number of aromatic nitrogens is 2. The summed E-state index contributed by atoms with van der Waals surface area (Å²) in [7, 11) is 0. The van der Waals surface area contributed by atoms with E-state index in [1.54, 1.807) is 0 Å². The molecule has 0 unspecified atom stereocenters. The molecule has 140 valence electrons. The number of imidazole rings is 1. The van der Waals surface area contributed by atoms with Gasteiger partial charge in [0.2, 0.25) is 5.91 Å². The van der Waals surface area contributed by atoms with Crippen molar-refractivity contribution in [3.63, 3.8) is 0 Å². The molecule has 2 aliphatic rings. The summed E-state index contributed by atoms with van der Waals surface area (Å²) in [4.78, 5) is 26.4. The highest BCUT2D eigenvalue weighted by atomic mass is 16.2. The fourth-order valence-electron chi connectivity index (χ4n) is 4.12. The van der Waals surface area contributed by atoms with Gasteiger partial charge >= 0.3 is 0 Å². The number of carbonyl (C=O) groups is 1. The van der Waals surface area contributed by atoms with Crippen molar-refractivity contribution in [1.29, 1.82) is 0 Å². The zero-order valence-electron chi connectivity index (χ0n) is 15.4. The number of nitrogens with zero attached hydrogens (tertiary/aromatic N) is 3. The Balaban J connectivity index is 1.19. The Bertz CT molecular complexity index is 1050. The number of benzene rings is 2. The number of fused-ring (bicyclic) bond motifs is 1. The highest BCUT2D eigenvalue weighted by Gasteiger charge is 2.46. The second-order valence-electron chi connectivity index (χ2n) is 7.66. The predicted molar refractivity (Wildman–Crippen MR) is 108 cm³/mol. The predicted octanol–water partition coefficient (Wildman–Crippen LogP) is 3.61. The van der Waals surface area contributed by atoms with E-state index in [1.165, 1.54) is 0 Å². The number of hydrogen-bond acceptors (Lipinski definition) is 3. The number of anilines is 1. The van der Waals surface area contributed by atoms with Gasteiger partial charge in [-0.05, 0) is 37.1 Å². The maximum Gasteiger partial charge on any atom is 0.224 e. The standard InChI is InChI=1S/C22H21N5O/c1-23-14-5-4-6-16(11-14)27-10-9-15(13-27)24-22(28)18-12-17(18)21-25-19-7-2-3-8-20(19)26-21/h2-8,11,15,17-18H,9-10,12-13H2,(H,24,28)(H,25,26)/t15-,17+,18+/m1/s1. The van der Waals surface area contributed by atoms with Crippen LogP contribution in [0.3, 0.4) is 0 Å². The molecule has 2 N–H and O–H groups in total. The first-order valence-electron chi connectivity index (χ1n) is 9.69. The smallest absolute Gasteiger partial charge is 0.224 e. The lowest BCUT2D eigenvalue weighted by Crippen LogP contribution is -2.38. The molecule has 2 heterocycles. The van der Waals surface area contributed by atoms with Crippen molar-refractivity contribution in [2.24, 2.45) is 5.92 Å². The van der Waals surface area contributed by atoms with E-state index in [4.69, 9.17) is 6.57 Å². The largest absolute Gasteiger partial charge is 0.370 e. The van der Waals surface area contributed by atoms with Crippen LogP contribution in [0.4, 0.5) is 11.4 Å². The highest BCUT2D eigenvalue weighted by molar-refractivity contribution is 5.83. The Labute approximate surface area is 163 Å².